The number of benzene rings is 1. The van der Waals surface area contributed by atoms with Crippen molar-refractivity contribution >= 4 is 23.5 Å². The van der Waals surface area contributed by atoms with Crippen molar-refractivity contribution < 1.29 is 37.4 Å². The summed E-state index contributed by atoms with van der Waals surface area (Å²) in [5, 5.41) is 2.45. The Morgan fingerprint density at radius 1 is 1.07 bits per heavy atom. The fourth-order valence-corrected chi connectivity index (χ4v) is 2.58. The van der Waals surface area contributed by atoms with Crippen molar-refractivity contribution in [2.24, 2.45) is 0 Å². The summed E-state index contributed by atoms with van der Waals surface area (Å²) in [5.41, 5.74) is 1.41. The minimum absolute atomic E-state index is 0.0480. The van der Waals surface area contributed by atoms with Crippen LogP contribution in [0.25, 0.3) is 0 Å². The maximum absolute atomic E-state index is 12.2. The first-order valence-corrected chi connectivity index (χ1v) is 8.61. The van der Waals surface area contributed by atoms with Crippen LogP contribution in [-0.2, 0) is 14.3 Å². The van der Waals surface area contributed by atoms with Crippen LogP contribution in [0.5, 0.6) is 5.75 Å². The maximum atomic E-state index is 12.2. The molecule has 1 heterocycles. The van der Waals surface area contributed by atoms with Crippen LogP contribution in [0.2, 0.25) is 0 Å². The summed E-state index contributed by atoms with van der Waals surface area (Å²) >= 11 is 0. The molecule has 156 valence electrons. The number of hydrogen-bond acceptors (Lipinski definition) is 6. The topological polar surface area (TPSA) is 107 Å². The average Bonchev–Trinajstić information content (AvgIpc) is 2.95. The molecule has 0 saturated heterocycles. The third-order valence-corrected chi connectivity index (χ3v) is 3.82. The number of alkyl halides is 2. The zero-order chi connectivity index (χ0) is 21.6. The molecule has 29 heavy (non-hydrogen) atoms. The lowest BCUT2D eigenvalue weighted by Crippen LogP contribution is -2.21. The van der Waals surface area contributed by atoms with E-state index < -0.39 is 31.1 Å². The van der Waals surface area contributed by atoms with Crippen molar-refractivity contribution in [2.45, 2.75) is 27.4 Å². The Kier molecular flexibility index (Phi) is 7.29. The van der Waals surface area contributed by atoms with E-state index >= 15 is 0 Å². The molecule has 1 aromatic heterocycles. The Balaban J connectivity index is 1.94. The average molecular weight is 410 g/mol. The van der Waals surface area contributed by atoms with Crippen LogP contribution in [0, 0.1) is 13.8 Å². The first kappa shape index (κ1) is 21.9. The van der Waals surface area contributed by atoms with Crippen LogP contribution < -0.4 is 10.1 Å². The minimum atomic E-state index is -2.95. The fourth-order valence-electron chi connectivity index (χ4n) is 2.58. The maximum Gasteiger partial charge on any atom is 0.387 e. The number of aryl methyl sites for hydroxylation is 1. The van der Waals surface area contributed by atoms with Crippen LogP contribution in [0.1, 0.15) is 39.0 Å². The quantitative estimate of drug-likeness (QED) is 0.648. The first-order valence-electron chi connectivity index (χ1n) is 8.61. The number of carbonyl (C=O) groups is 3. The van der Waals surface area contributed by atoms with E-state index in [1.54, 1.807) is 20.8 Å². The van der Waals surface area contributed by atoms with Crippen LogP contribution >= 0.6 is 0 Å². The van der Waals surface area contributed by atoms with E-state index in [1.807, 2.05) is 0 Å². The lowest BCUT2D eigenvalue weighted by Gasteiger charge is -2.08. The van der Waals surface area contributed by atoms with Crippen molar-refractivity contribution in [3.63, 3.8) is 0 Å². The molecule has 2 rings (SSSR count). The number of H-pyrrole nitrogens is 1. The molecule has 1 aromatic carbocycles. The van der Waals surface area contributed by atoms with Crippen molar-refractivity contribution in [3.8, 4) is 5.75 Å². The summed E-state index contributed by atoms with van der Waals surface area (Å²) < 4.78 is 38.4. The van der Waals surface area contributed by atoms with Gasteiger partial charge in [-0.15, -0.1) is 0 Å². The normalized spacial score (nSPS) is 10.6. The number of halogens is 2. The fraction of sp³-hybridized carbons (Fsp3) is 0.316. The van der Waals surface area contributed by atoms with Gasteiger partial charge in [0.1, 0.15) is 11.4 Å². The number of amides is 1. The lowest BCUT2D eigenvalue weighted by molar-refractivity contribution is -0.119. The highest BCUT2D eigenvalue weighted by Crippen LogP contribution is 2.20. The predicted molar refractivity (Wildman–Crippen MR) is 98.2 cm³/mol. The van der Waals surface area contributed by atoms with E-state index in [4.69, 9.17) is 9.47 Å². The number of rotatable bonds is 8. The Bertz CT molecular complexity index is 893. The molecule has 8 nitrogen and oxygen atoms in total. The standard InChI is InChI=1S/C19H20F2N2O6/c1-4-27-17(25)15-10(2)16(22-11(15)3)18(26)28-9-14(24)23-12-5-7-13(8-6-12)29-19(20)21/h5-8,19,22H,4,9H2,1-3H3,(H,23,24). The molecule has 2 aromatic rings. The molecule has 0 atom stereocenters. The number of carbonyl (C=O) groups excluding carboxylic acids is 3. The summed E-state index contributed by atoms with van der Waals surface area (Å²) in [6.07, 6.45) is 0. The molecule has 0 aliphatic carbocycles. The molecule has 0 spiro atoms. The summed E-state index contributed by atoms with van der Waals surface area (Å²) in [7, 11) is 0. The van der Waals surface area contributed by atoms with Gasteiger partial charge in [0.15, 0.2) is 6.61 Å². The van der Waals surface area contributed by atoms with Gasteiger partial charge in [0.05, 0.1) is 12.2 Å². The number of ether oxygens (including phenoxy) is 3. The van der Waals surface area contributed by atoms with Gasteiger partial charge in [-0.2, -0.15) is 8.78 Å². The second-order valence-corrected chi connectivity index (χ2v) is 5.87. The molecule has 0 aliphatic rings. The molecule has 0 saturated carbocycles. The SMILES string of the molecule is CCOC(=O)c1c(C)[nH]c(C(=O)OCC(=O)Nc2ccc(OC(F)F)cc2)c1C. The number of aromatic nitrogens is 1. The molecular weight excluding hydrogens is 390 g/mol. The Morgan fingerprint density at radius 3 is 2.31 bits per heavy atom. The third-order valence-electron chi connectivity index (χ3n) is 3.82. The molecule has 10 heteroatoms. The van der Waals surface area contributed by atoms with E-state index in [2.05, 4.69) is 15.0 Å². The van der Waals surface area contributed by atoms with Crippen LogP contribution in [-0.4, -0.2) is 42.7 Å². The number of hydrogen-bond donors (Lipinski definition) is 2. The molecule has 0 unspecified atom stereocenters. The highest BCUT2D eigenvalue weighted by atomic mass is 19.3. The van der Waals surface area contributed by atoms with Gasteiger partial charge in [-0.3, -0.25) is 4.79 Å². The van der Waals surface area contributed by atoms with Crippen molar-refractivity contribution in [1.29, 1.82) is 0 Å². The highest BCUT2D eigenvalue weighted by molar-refractivity contribution is 5.99. The van der Waals surface area contributed by atoms with Gasteiger partial charge in [-0.25, -0.2) is 9.59 Å². The minimum Gasteiger partial charge on any atom is -0.462 e. The van der Waals surface area contributed by atoms with Crippen molar-refractivity contribution in [3.05, 3.63) is 46.8 Å². The van der Waals surface area contributed by atoms with E-state index in [0.717, 1.165) is 0 Å². The molecule has 0 bridgehead atoms. The molecule has 1 amide bonds. The van der Waals surface area contributed by atoms with Gasteiger partial charge < -0.3 is 24.5 Å². The van der Waals surface area contributed by atoms with E-state index in [-0.39, 0.29) is 23.6 Å². The summed E-state index contributed by atoms with van der Waals surface area (Å²) in [6, 6.07) is 5.24. The molecule has 0 aliphatic heterocycles. The molecule has 0 radical (unpaired) electrons. The second-order valence-electron chi connectivity index (χ2n) is 5.87. The summed E-state index contributed by atoms with van der Waals surface area (Å²) in [6.45, 7) is 1.51. The molecular formula is C19H20F2N2O6. The summed E-state index contributed by atoms with van der Waals surface area (Å²) in [5.74, 6) is -2.06. The Hall–Kier alpha value is -3.43. The number of anilines is 1. The van der Waals surface area contributed by atoms with Gasteiger partial charge in [0, 0.05) is 11.4 Å². The van der Waals surface area contributed by atoms with Crippen LogP contribution in [0.15, 0.2) is 24.3 Å². The number of nitrogens with one attached hydrogen (secondary N) is 2. The van der Waals surface area contributed by atoms with Gasteiger partial charge in [-0.1, -0.05) is 0 Å². The Labute approximate surface area is 165 Å². The lowest BCUT2D eigenvalue weighted by atomic mass is 10.1. The monoisotopic (exact) mass is 410 g/mol. The van der Waals surface area contributed by atoms with Crippen molar-refractivity contribution in [2.75, 3.05) is 18.5 Å². The van der Waals surface area contributed by atoms with Crippen molar-refractivity contribution in [1.82, 2.24) is 4.98 Å². The third kappa shape index (κ3) is 5.77. The van der Waals surface area contributed by atoms with E-state index in [0.29, 0.717) is 16.9 Å². The van der Waals surface area contributed by atoms with Gasteiger partial charge in [0.2, 0.25) is 0 Å². The van der Waals surface area contributed by atoms with Crippen LogP contribution in [0.3, 0.4) is 0 Å². The highest BCUT2D eigenvalue weighted by Gasteiger charge is 2.24. The smallest absolute Gasteiger partial charge is 0.387 e. The molecule has 2 N–H and O–H groups in total. The van der Waals surface area contributed by atoms with E-state index in [1.165, 1.54) is 24.3 Å². The summed E-state index contributed by atoms with van der Waals surface area (Å²) in [4.78, 5) is 38.9. The number of aromatic amines is 1. The van der Waals surface area contributed by atoms with Crippen LogP contribution in [0.4, 0.5) is 14.5 Å². The number of esters is 2. The van der Waals surface area contributed by atoms with E-state index in [9.17, 15) is 23.2 Å². The zero-order valence-corrected chi connectivity index (χ0v) is 16.0. The largest absolute Gasteiger partial charge is 0.462 e. The van der Waals surface area contributed by atoms with Gasteiger partial charge in [0.25, 0.3) is 5.91 Å². The van der Waals surface area contributed by atoms with Gasteiger partial charge in [-0.05, 0) is 50.6 Å². The second kappa shape index (κ2) is 9.67. The predicted octanol–water partition coefficient (Wildman–Crippen LogP) is 3.21. The Morgan fingerprint density at radius 2 is 1.72 bits per heavy atom. The zero-order valence-electron chi connectivity index (χ0n) is 16.0. The van der Waals surface area contributed by atoms with Gasteiger partial charge >= 0.3 is 18.6 Å². The first-order chi connectivity index (χ1) is 13.7. The molecule has 0 fully saturated rings.